The van der Waals surface area contributed by atoms with E-state index >= 15 is 0 Å². The van der Waals surface area contributed by atoms with Crippen LogP contribution >= 0.6 is 0 Å². The summed E-state index contributed by atoms with van der Waals surface area (Å²) in [5.41, 5.74) is 19.4. The maximum Gasteiger partial charge on any atom is 0.349 e. The lowest BCUT2D eigenvalue weighted by Gasteiger charge is -2.57. The molecular formula is C57H120O12Si12. The van der Waals surface area contributed by atoms with Gasteiger partial charge in [-0.1, -0.05) is 214 Å². The average Bonchev–Trinajstić information content (AvgIpc) is 3.44. The zero-order valence-electron chi connectivity index (χ0n) is 55.4. The fourth-order valence-corrected chi connectivity index (χ4v) is 76.8. The number of hydrogen-bond donors (Lipinski definition) is 0. The van der Waals surface area contributed by atoms with E-state index in [1.807, 2.05) is 53.8 Å². The SMILES string of the molecule is C=C[Si]1(C(C)C)O[Si](C=C)(C(C)C)O[Si](C=C)(C(C)C)O1.C=C[Si]1(C)O[Si](C)(C=C)O[Si](C)(C=C)O1.C=C[Si]1(CCCC)O[Si](C=C)(CCCC)O[Si](C=C)(CCCC)O1.CC[Si]1(C(C)C)O[Si](CC)(C(C)C)O[Si](CC)(C(C)C)O1. The third-order valence-electron chi connectivity index (χ3n) is 16.3. The van der Waals surface area contributed by atoms with Crippen molar-refractivity contribution in [2.24, 2.45) is 0 Å². The highest BCUT2D eigenvalue weighted by molar-refractivity contribution is 7.01. The zero-order valence-corrected chi connectivity index (χ0v) is 67.4. The first kappa shape index (κ1) is 78.8. The lowest BCUT2D eigenvalue weighted by molar-refractivity contribution is 0.192. The molecule has 12 nitrogen and oxygen atoms in total. The van der Waals surface area contributed by atoms with Gasteiger partial charge in [-0.25, -0.2) is 0 Å². The average molecular weight is 1330 g/mol. The van der Waals surface area contributed by atoms with Crippen LogP contribution in [0.3, 0.4) is 0 Å². The Morgan fingerprint density at radius 2 is 0.481 bits per heavy atom. The Kier molecular flexibility index (Phi) is 32.0. The monoisotopic (exact) mass is 1330 g/mol. The number of hydrogen-bond acceptors (Lipinski definition) is 12. The molecule has 0 amide bonds. The van der Waals surface area contributed by atoms with E-state index in [2.05, 4.69) is 184 Å². The maximum absolute atomic E-state index is 6.86. The van der Waals surface area contributed by atoms with Gasteiger partial charge in [0.25, 0.3) is 0 Å². The first-order chi connectivity index (χ1) is 37.6. The molecule has 0 bridgehead atoms. The van der Waals surface area contributed by atoms with Crippen molar-refractivity contribution in [2.75, 3.05) is 0 Å². The normalized spacial score (nSPS) is 37.7. The van der Waals surface area contributed by atoms with E-state index in [0.717, 1.165) is 74.8 Å². The molecule has 4 rings (SSSR count). The van der Waals surface area contributed by atoms with Gasteiger partial charge >= 0.3 is 103 Å². The van der Waals surface area contributed by atoms with Crippen molar-refractivity contribution in [1.29, 1.82) is 0 Å². The molecule has 0 atom stereocenters. The second-order valence-electron chi connectivity index (χ2n) is 24.4. The smallest absolute Gasteiger partial charge is 0.349 e. The predicted octanol–water partition coefficient (Wildman–Crippen LogP) is 18.8. The summed E-state index contributed by atoms with van der Waals surface area (Å²) >= 11 is 0. The largest absolute Gasteiger partial charge is 0.415 e. The highest BCUT2D eigenvalue weighted by Crippen LogP contribution is 2.50. The summed E-state index contributed by atoms with van der Waals surface area (Å²) in [7, 11) is -28.5. The van der Waals surface area contributed by atoms with Crippen LogP contribution in [0.1, 0.15) is 163 Å². The van der Waals surface area contributed by atoms with Crippen LogP contribution in [0.15, 0.2) is 111 Å². The fraction of sp³-hybridized carbons (Fsp3) is 0.684. The van der Waals surface area contributed by atoms with Crippen molar-refractivity contribution in [1.82, 2.24) is 0 Å². The second kappa shape index (κ2) is 32.8. The van der Waals surface area contributed by atoms with Crippen LogP contribution in [0.5, 0.6) is 0 Å². The van der Waals surface area contributed by atoms with Gasteiger partial charge in [-0.05, 0) is 89.2 Å². The lowest BCUT2D eigenvalue weighted by atomic mass is 10.4. The second-order valence-corrected chi connectivity index (χ2v) is 68.6. The van der Waals surface area contributed by atoms with Gasteiger partial charge in [-0.3, -0.25) is 0 Å². The molecule has 4 heterocycles. The summed E-state index contributed by atoms with van der Waals surface area (Å²) in [4.78, 5) is 0. The quantitative estimate of drug-likeness (QED) is 0.0730. The Labute approximate surface area is 511 Å². The van der Waals surface area contributed by atoms with Gasteiger partial charge in [0.15, 0.2) is 0 Å². The van der Waals surface area contributed by atoms with E-state index in [1.165, 1.54) is 0 Å². The Morgan fingerprint density at radius 3 is 0.605 bits per heavy atom. The molecule has 0 aromatic rings. The Morgan fingerprint density at radius 1 is 0.272 bits per heavy atom. The minimum Gasteiger partial charge on any atom is -0.415 e. The van der Waals surface area contributed by atoms with Crippen molar-refractivity contribution in [2.45, 2.75) is 252 Å². The molecule has 0 aromatic carbocycles. The van der Waals surface area contributed by atoms with Crippen molar-refractivity contribution < 1.29 is 49.4 Å². The van der Waals surface area contributed by atoms with Crippen molar-refractivity contribution >= 4 is 103 Å². The molecule has 0 N–H and O–H groups in total. The first-order valence-electron chi connectivity index (χ1n) is 30.7. The molecule has 4 fully saturated rings. The van der Waals surface area contributed by atoms with Gasteiger partial charge in [0.2, 0.25) is 0 Å². The van der Waals surface area contributed by atoms with Crippen LogP contribution in [0.25, 0.3) is 0 Å². The molecule has 4 saturated heterocycles. The van der Waals surface area contributed by atoms with Gasteiger partial charge in [-0.15, -0.1) is 59.2 Å². The van der Waals surface area contributed by atoms with Gasteiger partial charge in [0.1, 0.15) is 0 Å². The summed E-state index contributed by atoms with van der Waals surface area (Å²) in [6.45, 7) is 81.6. The third-order valence-corrected chi connectivity index (χ3v) is 72.3. The maximum atomic E-state index is 6.86. The topological polar surface area (TPSA) is 111 Å². The fourth-order valence-electron chi connectivity index (χ4n) is 10.4. The van der Waals surface area contributed by atoms with Gasteiger partial charge in [-0.2, -0.15) is 0 Å². The van der Waals surface area contributed by atoms with E-state index in [4.69, 9.17) is 49.4 Å². The molecule has 0 saturated carbocycles. The summed E-state index contributed by atoms with van der Waals surface area (Å²) in [5, 5.41) is 0. The standard InChI is InChI=1S/C18H36O3Si3.C15H36O3Si3.C15H30O3Si3.C9H18O3Si3/c1-7-13-16-22(10-4)19-23(11-5,17-14-8-2)21-24(12-6,20-22)18-15-9-3;2*1-10-19(13(4)5)16-20(11-2,14(6)7)18-21(12-3,17-19)15(8)9;1-7-13(4)10-14(5,8-2)12-15(6,9-3)11-13/h10-12H,4-9,13-18H2,1-3H3;13-15H,10-12H2,1-9H3;10-15H,1-3H2,4-9H3;7-9H,1-3H2,4-6H3. The molecule has 4 aliphatic heterocycles. The van der Waals surface area contributed by atoms with E-state index in [9.17, 15) is 0 Å². The zero-order chi connectivity index (χ0) is 62.8. The third kappa shape index (κ3) is 19.1. The van der Waals surface area contributed by atoms with Gasteiger partial charge in [0.05, 0.1) is 0 Å². The minimum absolute atomic E-state index is 0.273. The van der Waals surface area contributed by atoms with Crippen LogP contribution in [0, 0.1) is 0 Å². The molecule has 0 radical (unpaired) electrons. The molecule has 0 aromatic heterocycles. The molecular weight excluding hydrogens is 1210 g/mol. The van der Waals surface area contributed by atoms with Gasteiger partial charge in [0, 0.05) is 0 Å². The van der Waals surface area contributed by atoms with E-state index < -0.39 is 103 Å². The van der Waals surface area contributed by atoms with Crippen LogP contribution in [0.2, 0.25) is 89.2 Å². The molecule has 468 valence electrons. The number of unbranched alkanes of at least 4 members (excludes halogenated alkanes) is 3. The summed E-state index contributed by atoms with van der Waals surface area (Å²) in [6.07, 6.45) is 6.69. The Balaban J connectivity index is 0.000000546. The molecule has 0 aliphatic carbocycles. The molecule has 4 aliphatic rings. The van der Waals surface area contributed by atoms with Crippen LogP contribution in [-0.4, -0.2) is 103 Å². The summed E-state index contributed by atoms with van der Waals surface area (Å²) in [6, 6.07) is 5.99. The Hall–Kier alpha value is -0.217. The van der Waals surface area contributed by atoms with Crippen molar-refractivity contribution in [3.8, 4) is 0 Å². The van der Waals surface area contributed by atoms with Crippen LogP contribution in [0.4, 0.5) is 0 Å². The molecule has 0 unspecified atom stereocenters. The molecule has 0 spiro atoms. The lowest BCUT2D eigenvalue weighted by Crippen LogP contribution is -2.72. The number of rotatable bonds is 27. The molecule has 24 heteroatoms. The summed E-state index contributed by atoms with van der Waals surface area (Å²) in [5.74, 6) is 0. The van der Waals surface area contributed by atoms with Crippen LogP contribution < -0.4 is 0 Å². The van der Waals surface area contributed by atoms with Gasteiger partial charge < -0.3 is 49.4 Å². The minimum atomic E-state index is -2.55. The van der Waals surface area contributed by atoms with E-state index in [1.54, 1.807) is 17.1 Å². The van der Waals surface area contributed by atoms with Crippen LogP contribution in [-0.2, 0) is 49.4 Å². The van der Waals surface area contributed by atoms with E-state index in [0.29, 0.717) is 16.6 Å². The highest BCUT2D eigenvalue weighted by Gasteiger charge is 2.65. The summed E-state index contributed by atoms with van der Waals surface area (Å²) < 4.78 is 78.2. The predicted molar refractivity (Wildman–Crippen MR) is 373 cm³/mol. The first-order valence-corrected chi connectivity index (χ1v) is 56.4. The molecule has 81 heavy (non-hydrogen) atoms. The van der Waals surface area contributed by atoms with Crippen molar-refractivity contribution in [3.63, 3.8) is 0 Å². The van der Waals surface area contributed by atoms with E-state index in [-0.39, 0.29) is 16.6 Å². The van der Waals surface area contributed by atoms with Crippen molar-refractivity contribution in [3.05, 3.63) is 111 Å². The Bertz CT molecular complexity index is 1810. The highest BCUT2D eigenvalue weighted by atomic mass is 28.5.